The lowest BCUT2D eigenvalue weighted by Gasteiger charge is -2.40. The number of nitrogens with zero attached hydrogens (tertiary/aromatic N) is 8. The molecule has 20 nitrogen and oxygen atoms in total. The van der Waals surface area contributed by atoms with Crippen LogP contribution in [0.3, 0.4) is 0 Å². The highest BCUT2D eigenvalue weighted by atomic mass is 32.2. The lowest BCUT2D eigenvalue weighted by atomic mass is 9.99. The number of piperidine rings is 2. The number of aromatic hydroxyl groups is 3. The Kier molecular flexibility index (Phi) is 20.2. The molecule has 3 aromatic heterocycles. The van der Waals surface area contributed by atoms with E-state index < -0.39 is 64.0 Å². The molecule has 0 bridgehead atoms. The first-order valence-electron chi connectivity index (χ1n) is 29.1. The summed E-state index contributed by atoms with van der Waals surface area (Å²) in [4.78, 5) is 49.2. The second-order valence-corrected chi connectivity index (χ2v) is 28.0. The number of piperazine rings is 1. The molecule has 4 aliphatic heterocycles. The summed E-state index contributed by atoms with van der Waals surface area (Å²) >= 11 is 0. The monoisotopic (exact) mass is 1230 g/mol. The molecule has 458 valence electrons. The minimum Gasteiger partial charge on any atom is -0.503 e. The summed E-state index contributed by atoms with van der Waals surface area (Å²) in [5.74, 6) is -1.51. The Morgan fingerprint density at radius 1 is 0.384 bits per heavy atom. The van der Waals surface area contributed by atoms with Crippen molar-refractivity contribution >= 4 is 35.8 Å². The number of pyridine rings is 3. The highest BCUT2D eigenvalue weighted by Crippen LogP contribution is 2.26. The van der Waals surface area contributed by atoms with Crippen LogP contribution in [0.15, 0.2) is 169 Å². The Morgan fingerprint density at radius 3 is 1.07 bits per heavy atom. The fourth-order valence-electron chi connectivity index (χ4n) is 11.3. The van der Waals surface area contributed by atoms with E-state index in [0.29, 0.717) is 54.3 Å². The number of benzene rings is 4. The van der Waals surface area contributed by atoms with Crippen LogP contribution < -0.4 is 21.6 Å². The van der Waals surface area contributed by atoms with Gasteiger partial charge in [-0.15, -0.1) is 0 Å². The maximum Gasteiger partial charge on any atom is 0.306 e. The molecule has 0 unspecified atom stereocenters. The van der Waals surface area contributed by atoms with Crippen molar-refractivity contribution in [3.8, 4) is 17.2 Å². The number of aromatic nitrogens is 3. The first-order chi connectivity index (χ1) is 41.1. The van der Waals surface area contributed by atoms with E-state index in [1.165, 1.54) is 105 Å². The molecule has 3 N–H and O–H groups in total. The fourth-order valence-corrected chi connectivity index (χ4v) is 15.0. The van der Waals surface area contributed by atoms with Crippen molar-refractivity contribution in [2.24, 2.45) is 0 Å². The van der Waals surface area contributed by atoms with Crippen LogP contribution in [0.4, 0.5) is 5.69 Å². The van der Waals surface area contributed by atoms with Crippen LogP contribution in [0, 0.1) is 20.8 Å². The molecule has 23 heteroatoms. The van der Waals surface area contributed by atoms with Crippen molar-refractivity contribution in [3.63, 3.8) is 0 Å². The Hall–Kier alpha value is -7.38. The maximum absolute atomic E-state index is 12.8. The Balaban J connectivity index is 0.000000156. The van der Waals surface area contributed by atoms with Gasteiger partial charge in [-0.1, -0.05) is 77.7 Å². The number of anilines is 1. The van der Waals surface area contributed by atoms with Crippen molar-refractivity contribution < 1.29 is 40.6 Å². The molecular weight excluding hydrogens is 1160 g/mol. The van der Waals surface area contributed by atoms with Gasteiger partial charge in [0.2, 0.25) is 0 Å². The predicted molar refractivity (Wildman–Crippen MR) is 331 cm³/mol. The van der Waals surface area contributed by atoms with Crippen molar-refractivity contribution in [3.05, 3.63) is 204 Å². The molecular formula is C63H76N8O12S3. The topological polar surface area (TPSA) is 245 Å². The van der Waals surface area contributed by atoms with Gasteiger partial charge in [0, 0.05) is 92.8 Å². The van der Waals surface area contributed by atoms with Gasteiger partial charge in [0.25, 0.3) is 30.1 Å². The van der Waals surface area contributed by atoms with Crippen LogP contribution in [0.1, 0.15) is 78.3 Å². The van der Waals surface area contributed by atoms with E-state index in [4.69, 9.17) is 0 Å². The Labute approximate surface area is 503 Å². The van der Waals surface area contributed by atoms with Crippen LogP contribution in [0.2, 0.25) is 0 Å². The first kappa shape index (κ1) is 63.1. The predicted octanol–water partition coefficient (Wildman–Crippen LogP) is 6.67. The molecule has 7 heterocycles. The summed E-state index contributed by atoms with van der Waals surface area (Å²) in [5.41, 5.74) is 2.54. The summed E-state index contributed by atoms with van der Waals surface area (Å²) in [6.07, 6.45) is 12.0. The van der Waals surface area contributed by atoms with E-state index in [0.717, 1.165) is 94.7 Å². The van der Waals surface area contributed by atoms with Crippen LogP contribution in [-0.4, -0.2) is 144 Å². The molecule has 4 saturated heterocycles. The molecule has 4 fully saturated rings. The molecule has 4 aromatic carbocycles. The van der Waals surface area contributed by atoms with Crippen LogP contribution in [0.25, 0.3) is 0 Å². The van der Waals surface area contributed by atoms with E-state index >= 15 is 0 Å². The van der Waals surface area contributed by atoms with E-state index in [1.807, 2.05) is 39.0 Å². The highest BCUT2D eigenvalue weighted by Gasteiger charge is 2.29. The fraction of sp³-hybridized carbons (Fsp3) is 0.381. The standard InChI is InChI=1S/C23H31N3O4S.C23H25N3O4S.C17H20N2O4S/c1-18-5-7-21(8-6-18)31(29,30)26-16-9-19(22(27)23(26)28)17-24-14-10-20(11-15-24)25-12-3-2-4-13-25;1-18-7-9-21(10-8-18)31(29,30)26-12-11-19(22(27)23(26)28)17-24-13-15-25(16-14-24)20-5-3-2-4-6-20;1-13-4-6-15(7-5-13)24(22,23)19-11-8-14(16(20)17(19)21)12-18-9-2-3-10-18/h5-9,16,20,27H,2-4,10-15,17H2,1H3;2-12,27H,13-17H2,1H3;4-8,11,20H,2-3,9-10,12H2,1H3. The SMILES string of the molecule is Cc1ccc(S(=O)(=O)n2ccc(CN3CCC(N4CCCCC4)CC3)c(O)c2=O)cc1.Cc1ccc(S(=O)(=O)n2ccc(CN3CCCC3)c(O)c2=O)cc1.Cc1ccc(S(=O)(=O)n2ccc(CN3CCN(c4ccccc4)CC3)c(O)c2=O)cc1. The molecule has 0 spiro atoms. The van der Waals surface area contributed by atoms with Gasteiger partial charge in [-0.3, -0.25) is 29.1 Å². The average molecular weight is 1230 g/mol. The van der Waals surface area contributed by atoms with Gasteiger partial charge in [0.1, 0.15) is 0 Å². The largest absolute Gasteiger partial charge is 0.503 e. The molecule has 0 aliphatic carbocycles. The maximum atomic E-state index is 12.8. The molecule has 4 aliphatic rings. The van der Waals surface area contributed by atoms with Gasteiger partial charge in [-0.2, -0.15) is 0 Å². The molecule has 0 atom stereocenters. The number of hydrogen-bond acceptors (Lipinski definition) is 17. The summed E-state index contributed by atoms with van der Waals surface area (Å²) in [6.45, 7) is 16.1. The minimum absolute atomic E-state index is 0.00406. The second-order valence-electron chi connectivity index (χ2n) is 22.5. The van der Waals surface area contributed by atoms with Gasteiger partial charge < -0.3 is 25.1 Å². The quantitative estimate of drug-likeness (QED) is 0.103. The lowest BCUT2D eigenvalue weighted by molar-refractivity contribution is 0.0893. The van der Waals surface area contributed by atoms with Crippen LogP contribution >= 0.6 is 0 Å². The van der Waals surface area contributed by atoms with Crippen LogP contribution in [-0.2, 0) is 49.7 Å². The zero-order valence-corrected chi connectivity index (χ0v) is 51.3. The molecule has 86 heavy (non-hydrogen) atoms. The van der Waals surface area contributed by atoms with Crippen molar-refractivity contribution in [1.29, 1.82) is 0 Å². The Bertz CT molecular complexity index is 4000. The highest BCUT2D eigenvalue weighted by molar-refractivity contribution is 7.90. The van der Waals surface area contributed by atoms with Crippen molar-refractivity contribution in [2.45, 2.75) is 106 Å². The van der Waals surface area contributed by atoms with Gasteiger partial charge in [-0.25, -0.2) is 37.2 Å². The van der Waals surface area contributed by atoms with Gasteiger partial charge in [-0.05, 0) is 165 Å². The van der Waals surface area contributed by atoms with Crippen molar-refractivity contribution in [1.82, 2.24) is 31.5 Å². The zero-order chi connectivity index (χ0) is 61.3. The first-order valence-corrected chi connectivity index (χ1v) is 33.4. The van der Waals surface area contributed by atoms with Gasteiger partial charge >= 0.3 is 16.7 Å². The van der Waals surface area contributed by atoms with E-state index in [-0.39, 0.29) is 14.7 Å². The molecule has 0 radical (unpaired) electrons. The van der Waals surface area contributed by atoms with E-state index in [9.17, 15) is 55.0 Å². The summed E-state index contributed by atoms with van der Waals surface area (Å²) in [6, 6.07) is 34.1. The summed E-state index contributed by atoms with van der Waals surface area (Å²) in [5, 5.41) is 31.1. The van der Waals surface area contributed by atoms with Crippen LogP contribution in [0.5, 0.6) is 17.2 Å². The second kappa shape index (κ2) is 27.5. The number of hydrogen-bond donors (Lipinski definition) is 3. The third kappa shape index (κ3) is 14.7. The number of likely N-dealkylation sites (tertiary alicyclic amines) is 3. The summed E-state index contributed by atoms with van der Waals surface area (Å²) in [7, 11) is -12.1. The number of aryl methyl sites for hydroxylation is 3. The van der Waals surface area contributed by atoms with Gasteiger partial charge in [0.05, 0.1) is 14.7 Å². The molecule has 0 amide bonds. The normalized spacial score (nSPS) is 16.9. The lowest BCUT2D eigenvalue weighted by Crippen LogP contribution is -2.46. The number of para-hydroxylation sites is 1. The third-order valence-electron chi connectivity index (χ3n) is 16.4. The minimum atomic E-state index is -4.07. The average Bonchev–Trinajstić information content (AvgIpc) is 2.02. The molecule has 11 rings (SSSR count). The van der Waals surface area contributed by atoms with Crippen molar-refractivity contribution in [2.75, 3.05) is 70.3 Å². The number of rotatable bonds is 14. The molecule has 0 saturated carbocycles. The van der Waals surface area contributed by atoms with E-state index in [1.54, 1.807) is 42.5 Å². The zero-order valence-electron chi connectivity index (χ0n) is 48.8. The summed E-state index contributed by atoms with van der Waals surface area (Å²) < 4.78 is 78.4. The Morgan fingerprint density at radius 2 is 0.709 bits per heavy atom. The van der Waals surface area contributed by atoms with Gasteiger partial charge in [0.15, 0.2) is 17.2 Å². The van der Waals surface area contributed by atoms with E-state index in [2.05, 4.69) is 36.6 Å². The smallest absolute Gasteiger partial charge is 0.306 e. The third-order valence-corrected chi connectivity index (χ3v) is 21.4. The molecule has 7 aromatic rings.